The van der Waals surface area contributed by atoms with E-state index in [-0.39, 0.29) is 24.9 Å². The Bertz CT molecular complexity index is 950. The Balaban J connectivity index is 1.44. The van der Waals surface area contributed by atoms with E-state index in [4.69, 9.17) is 0 Å². The second-order valence-electron chi connectivity index (χ2n) is 5.40. The van der Waals surface area contributed by atoms with Gasteiger partial charge in [-0.05, 0) is 36.6 Å². The SMILES string of the molecule is Cc1nc2ccc(NC(=O)CNC(=O)CNC(=O)c3cccs3)cc2s1. The van der Waals surface area contributed by atoms with Crippen molar-refractivity contribution in [3.63, 3.8) is 0 Å². The van der Waals surface area contributed by atoms with E-state index in [1.807, 2.05) is 19.1 Å². The molecule has 7 nitrogen and oxygen atoms in total. The number of thiophene rings is 1. The topological polar surface area (TPSA) is 100 Å². The van der Waals surface area contributed by atoms with E-state index >= 15 is 0 Å². The molecule has 3 rings (SSSR count). The molecular formula is C17H16N4O3S2. The number of carbonyl (C=O) groups is 3. The van der Waals surface area contributed by atoms with Crippen molar-refractivity contribution in [2.75, 3.05) is 18.4 Å². The summed E-state index contributed by atoms with van der Waals surface area (Å²) in [6.07, 6.45) is 0. The van der Waals surface area contributed by atoms with Gasteiger partial charge in [-0.25, -0.2) is 4.98 Å². The number of carbonyl (C=O) groups excluding carboxylic acids is 3. The van der Waals surface area contributed by atoms with E-state index in [1.54, 1.807) is 34.9 Å². The fourth-order valence-corrected chi connectivity index (χ4v) is 3.73. The number of amides is 3. The standard InChI is InChI=1S/C17H16N4O3S2/c1-10-20-12-5-4-11(7-14(12)26-10)21-16(23)9-18-15(22)8-19-17(24)13-3-2-6-25-13/h2-7H,8-9H2,1H3,(H,18,22)(H,19,24)(H,21,23). The van der Waals surface area contributed by atoms with Crippen molar-refractivity contribution >= 4 is 56.3 Å². The third kappa shape index (κ3) is 4.64. The molecule has 2 heterocycles. The minimum Gasteiger partial charge on any atom is -0.345 e. The van der Waals surface area contributed by atoms with Crippen LogP contribution in [0, 0.1) is 6.92 Å². The molecule has 3 amide bonds. The van der Waals surface area contributed by atoms with Gasteiger partial charge in [0.15, 0.2) is 0 Å². The molecule has 0 radical (unpaired) electrons. The van der Waals surface area contributed by atoms with E-state index < -0.39 is 5.91 Å². The number of hydrogen-bond acceptors (Lipinski definition) is 6. The maximum absolute atomic E-state index is 12.0. The van der Waals surface area contributed by atoms with E-state index in [1.165, 1.54) is 11.3 Å². The van der Waals surface area contributed by atoms with E-state index in [0.29, 0.717) is 10.6 Å². The number of hydrogen-bond donors (Lipinski definition) is 3. The van der Waals surface area contributed by atoms with Gasteiger partial charge in [-0.2, -0.15) is 0 Å². The number of aryl methyl sites for hydroxylation is 1. The summed E-state index contributed by atoms with van der Waals surface area (Å²) in [6, 6.07) is 8.89. The van der Waals surface area contributed by atoms with Gasteiger partial charge in [-0.15, -0.1) is 22.7 Å². The highest BCUT2D eigenvalue weighted by molar-refractivity contribution is 7.18. The van der Waals surface area contributed by atoms with Crippen molar-refractivity contribution in [1.29, 1.82) is 0 Å². The molecule has 26 heavy (non-hydrogen) atoms. The summed E-state index contributed by atoms with van der Waals surface area (Å²) < 4.78 is 0.987. The quantitative estimate of drug-likeness (QED) is 0.602. The Labute approximate surface area is 157 Å². The lowest BCUT2D eigenvalue weighted by Crippen LogP contribution is -2.40. The lowest BCUT2D eigenvalue weighted by molar-refractivity contribution is -0.123. The summed E-state index contributed by atoms with van der Waals surface area (Å²) in [5.41, 5.74) is 1.53. The molecule has 1 aromatic carbocycles. The summed E-state index contributed by atoms with van der Waals surface area (Å²) in [5.74, 6) is -1.09. The Morgan fingerprint density at radius 3 is 2.65 bits per heavy atom. The molecule has 0 saturated carbocycles. The zero-order valence-corrected chi connectivity index (χ0v) is 15.5. The summed E-state index contributed by atoms with van der Waals surface area (Å²) in [6.45, 7) is 1.57. The predicted octanol–water partition coefficient (Wildman–Crippen LogP) is 2.15. The van der Waals surface area contributed by atoms with Crippen LogP contribution in [0.1, 0.15) is 14.7 Å². The number of anilines is 1. The Morgan fingerprint density at radius 1 is 1.08 bits per heavy atom. The van der Waals surface area contributed by atoms with Crippen molar-refractivity contribution in [3.05, 3.63) is 45.6 Å². The van der Waals surface area contributed by atoms with Gasteiger partial charge in [0.2, 0.25) is 11.8 Å². The van der Waals surface area contributed by atoms with Gasteiger partial charge in [0.25, 0.3) is 5.91 Å². The molecule has 0 aliphatic rings. The van der Waals surface area contributed by atoms with E-state index in [2.05, 4.69) is 20.9 Å². The number of fused-ring (bicyclic) bond motifs is 1. The molecule has 0 atom stereocenters. The fourth-order valence-electron chi connectivity index (χ4n) is 2.22. The Hall–Kier alpha value is -2.78. The van der Waals surface area contributed by atoms with Gasteiger partial charge >= 0.3 is 0 Å². The number of aromatic nitrogens is 1. The largest absolute Gasteiger partial charge is 0.345 e. The molecule has 0 aliphatic heterocycles. The van der Waals surface area contributed by atoms with Crippen LogP contribution in [0.15, 0.2) is 35.7 Å². The van der Waals surface area contributed by atoms with Crippen molar-refractivity contribution in [2.24, 2.45) is 0 Å². The zero-order valence-electron chi connectivity index (χ0n) is 13.9. The molecule has 9 heteroatoms. The lowest BCUT2D eigenvalue weighted by Gasteiger charge is -2.07. The van der Waals surface area contributed by atoms with Gasteiger partial charge in [0.1, 0.15) is 0 Å². The summed E-state index contributed by atoms with van der Waals surface area (Å²) in [7, 11) is 0. The second-order valence-corrected chi connectivity index (χ2v) is 7.58. The van der Waals surface area contributed by atoms with Crippen molar-refractivity contribution in [3.8, 4) is 0 Å². The van der Waals surface area contributed by atoms with E-state index in [9.17, 15) is 14.4 Å². The Morgan fingerprint density at radius 2 is 1.88 bits per heavy atom. The van der Waals surface area contributed by atoms with Crippen LogP contribution in [-0.2, 0) is 9.59 Å². The number of rotatable bonds is 6. The first-order valence-corrected chi connectivity index (χ1v) is 9.46. The van der Waals surface area contributed by atoms with Gasteiger partial charge in [0.05, 0.1) is 33.2 Å². The first-order chi connectivity index (χ1) is 12.5. The average Bonchev–Trinajstić information content (AvgIpc) is 3.26. The number of nitrogens with one attached hydrogen (secondary N) is 3. The van der Waals surface area contributed by atoms with Crippen LogP contribution in [0.2, 0.25) is 0 Å². The van der Waals surface area contributed by atoms with Crippen molar-refractivity contribution < 1.29 is 14.4 Å². The van der Waals surface area contributed by atoms with Crippen LogP contribution in [0.25, 0.3) is 10.2 Å². The smallest absolute Gasteiger partial charge is 0.261 e. The maximum Gasteiger partial charge on any atom is 0.261 e. The lowest BCUT2D eigenvalue weighted by atomic mass is 10.3. The van der Waals surface area contributed by atoms with Crippen molar-refractivity contribution in [2.45, 2.75) is 6.92 Å². The third-order valence-electron chi connectivity index (χ3n) is 3.38. The van der Waals surface area contributed by atoms with Gasteiger partial charge in [-0.3, -0.25) is 14.4 Å². The minimum atomic E-state index is -0.432. The van der Waals surface area contributed by atoms with Crippen molar-refractivity contribution in [1.82, 2.24) is 15.6 Å². The van der Waals surface area contributed by atoms with Gasteiger partial charge < -0.3 is 16.0 Å². The van der Waals surface area contributed by atoms with Crippen LogP contribution in [0.5, 0.6) is 0 Å². The normalized spacial score (nSPS) is 10.5. The minimum absolute atomic E-state index is 0.173. The molecule has 0 bridgehead atoms. The number of nitrogens with zero attached hydrogens (tertiary/aromatic N) is 1. The summed E-state index contributed by atoms with van der Waals surface area (Å²) in [5, 5.41) is 10.4. The fraction of sp³-hybridized carbons (Fsp3) is 0.176. The van der Waals surface area contributed by atoms with E-state index in [0.717, 1.165) is 15.2 Å². The van der Waals surface area contributed by atoms with Crippen LogP contribution >= 0.6 is 22.7 Å². The molecule has 0 unspecified atom stereocenters. The van der Waals surface area contributed by atoms with Crippen LogP contribution in [-0.4, -0.2) is 35.8 Å². The van der Waals surface area contributed by atoms with Crippen LogP contribution in [0.4, 0.5) is 5.69 Å². The molecule has 0 spiro atoms. The van der Waals surface area contributed by atoms with Gasteiger partial charge in [0, 0.05) is 5.69 Å². The average molecular weight is 388 g/mol. The first kappa shape index (κ1) is 18.0. The first-order valence-electron chi connectivity index (χ1n) is 7.77. The van der Waals surface area contributed by atoms with Gasteiger partial charge in [-0.1, -0.05) is 6.07 Å². The van der Waals surface area contributed by atoms with Crippen LogP contribution < -0.4 is 16.0 Å². The monoisotopic (exact) mass is 388 g/mol. The highest BCUT2D eigenvalue weighted by Crippen LogP contribution is 2.24. The molecule has 0 saturated heterocycles. The maximum atomic E-state index is 12.0. The third-order valence-corrected chi connectivity index (χ3v) is 5.18. The highest BCUT2D eigenvalue weighted by Gasteiger charge is 2.10. The summed E-state index contributed by atoms with van der Waals surface area (Å²) >= 11 is 2.84. The predicted molar refractivity (Wildman–Crippen MR) is 103 cm³/mol. The summed E-state index contributed by atoms with van der Waals surface area (Å²) in [4.78, 5) is 40.3. The molecule has 134 valence electrons. The molecule has 0 fully saturated rings. The number of benzene rings is 1. The zero-order chi connectivity index (χ0) is 18.5. The molecular weight excluding hydrogens is 372 g/mol. The highest BCUT2D eigenvalue weighted by atomic mass is 32.1. The molecule has 3 N–H and O–H groups in total. The molecule has 2 aromatic heterocycles. The van der Waals surface area contributed by atoms with Crippen LogP contribution in [0.3, 0.4) is 0 Å². The molecule has 0 aliphatic carbocycles. The number of thiazole rings is 1. The molecule has 3 aromatic rings. The second kappa shape index (κ2) is 8.07. The Kier molecular flexibility index (Phi) is 5.59.